The Morgan fingerprint density at radius 2 is 1.83 bits per heavy atom. The predicted octanol–water partition coefficient (Wildman–Crippen LogP) is -1.35. The van der Waals surface area contributed by atoms with Gasteiger partial charge in [0.15, 0.2) is 9.84 Å². The first-order chi connectivity index (χ1) is 8.28. The van der Waals surface area contributed by atoms with E-state index in [1.165, 1.54) is 4.90 Å². The van der Waals surface area contributed by atoms with Crippen molar-refractivity contribution in [3.63, 3.8) is 0 Å². The molecule has 8 heteroatoms. The Labute approximate surface area is 106 Å². The summed E-state index contributed by atoms with van der Waals surface area (Å²) in [4.78, 5) is 25.5. The van der Waals surface area contributed by atoms with Crippen LogP contribution < -0.4 is 0 Å². The molecule has 0 spiro atoms. The summed E-state index contributed by atoms with van der Waals surface area (Å²) in [5.74, 6) is -1.79. The molecule has 0 saturated carbocycles. The molecule has 0 atom stereocenters. The summed E-state index contributed by atoms with van der Waals surface area (Å²) < 4.78 is 22.1. The Bertz CT molecular complexity index is 420. The summed E-state index contributed by atoms with van der Waals surface area (Å²) in [5, 5.41) is 8.68. The number of nitrogens with zero attached hydrogens (tertiary/aromatic N) is 2. The average molecular weight is 278 g/mol. The molecule has 104 valence electrons. The standard InChI is InChI=1S/C10H18N2O5S/c1-18(16,17)8-9(13)12-4-2-3-11(5-6-12)7-10(14)15/h2-8H2,1H3,(H,14,15). The molecule has 0 bridgehead atoms. The molecule has 7 nitrogen and oxygen atoms in total. The maximum absolute atomic E-state index is 11.7. The van der Waals surface area contributed by atoms with Crippen LogP contribution in [0.15, 0.2) is 0 Å². The van der Waals surface area contributed by atoms with Gasteiger partial charge in [-0.05, 0) is 6.42 Å². The number of sulfone groups is 1. The van der Waals surface area contributed by atoms with Gasteiger partial charge in [0.05, 0.1) is 6.54 Å². The largest absolute Gasteiger partial charge is 0.480 e. The average Bonchev–Trinajstić information content (AvgIpc) is 2.39. The van der Waals surface area contributed by atoms with Crippen molar-refractivity contribution in [2.24, 2.45) is 0 Å². The summed E-state index contributed by atoms with van der Waals surface area (Å²) >= 11 is 0. The van der Waals surface area contributed by atoms with Crippen molar-refractivity contribution < 1.29 is 23.1 Å². The molecule has 0 aliphatic carbocycles. The molecule has 0 unspecified atom stereocenters. The number of hydrogen-bond acceptors (Lipinski definition) is 5. The van der Waals surface area contributed by atoms with Crippen LogP contribution in [0.4, 0.5) is 0 Å². The van der Waals surface area contributed by atoms with Crippen molar-refractivity contribution >= 4 is 21.7 Å². The fourth-order valence-corrected chi connectivity index (χ4v) is 2.52. The summed E-state index contributed by atoms with van der Waals surface area (Å²) in [6.45, 7) is 1.87. The highest BCUT2D eigenvalue weighted by molar-refractivity contribution is 7.91. The summed E-state index contributed by atoms with van der Waals surface area (Å²) in [5.41, 5.74) is 0. The van der Waals surface area contributed by atoms with Crippen molar-refractivity contribution in [1.29, 1.82) is 0 Å². The van der Waals surface area contributed by atoms with Gasteiger partial charge in [-0.1, -0.05) is 0 Å². The topological polar surface area (TPSA) is 95.0 Å². The summed E-state index contributed by atoms with van der Waals surface area (Å²) in [6.07, 6.45) is 1.68. The summed E-state index contributed by atoms with van der Waals surface area (Å²) in [6, 6.07) is 0. The number of hydrogen-bond donors (Lipinski definition) is 1. The minimum Gasteiger partial charge on any atom is -0.480 e. The van der Waals surface area contributed by atoms with Gasteiger partial charge in [0.25, 0.3) is 0 Å². The molecule has 0 radical (unpaired) electrons. The third kappa shape index (κ3) is 5.46. The van der Waals surface area contributed by atoms with Crippen molar-refractivity contribution in [3.8, 4) is 0 Å². The molecule has 1 N–H and O–H groups in total. The maximum atomic E-state index is 11.7. The number of carboxylic acid groups (broad SMARTS) is 1. The number of carbonyl (C=O) groups excluding carboxylic acids is 1. The predicted molar refractivity (Wildman–Crippen MR) is 65.0 cm³/mol. The second-order valence-electron chi connectivity index (χ2n) is 4.47. The van der Waals surface area contributed by atoms with E-state index in [9.17, 15) is 18.0 Å². The smallest absolute Gasteiger partial charge is 0.317 e. The van der Waals surface area contributed by atoms with E-state index in [1.54, 1.807) is 4.90 Å². The van der Waals surface area contributed by atoms with E-state index < -0.39 is 27.5 Å². The Morgan fingerprint density at radius 3 is 2.39 bits per heavy atom. The molecular formula is C10H18N2O5S. The molecule has 0 aromatic rings. The minimum absolute atomic E-state index is 0.0475. The quantitative estimate of drug-likeness (QED) is 0.683. The van der Waals surface area contributed by atoms with Gasteiger partial charge in [-0.15, -0.1) is 0 Å². The molecule has 1 saturated heterocycles. The first-order valence-electron chi connectivity index (χ1n) is 5.67. The lowest BCUT2D eigenvalue weighted by atomic mass is 10.4. The third-order valence-corrected chi connectivity index (χ3v) is 3.46. The number of carbonyl (C=O) groups is 2. The van der Waals surface area contributed by atoms with Gasteiger partial charge in [0.1, 0.15) is 5.75 Å². The highest BCUT2D eigenvalue weighted by Gasteiger charge is 2.22. The molecule has 0 aromatic heterocycles. The van der Waals surface area contributed by atoms with Crippen LogP contribution in [0.5, 0.6) is 0 Å². The van der Waals surface area contributed by atoms with Gasteiger partial charge in [-0.2, -0.15) is 0 Å². The molecule has 1 fully saturated rings. The van der Waals surface area contributed by atoms with Crippen LogP contribution in [-0.2, 0) is 19.4 Å². The lowest BCUT2D eigenvalue weighted by Crippen LogP contribution is -2.39. The Kier molecular flexibility index (Phi) is 5.09. The van der Waals surface area contributed by atoms with E-state index in [1.807, 2.05) is 0 Å². The Hall–Kier alpha value is -1.15. The van der Waals surface area contributed by atoms with Crippen LogP contribution in [-0.4, -0.2) is 79.9 Å². The first kappa shape index (κ1) is 14.9. The molecule has 0 aromatic carbocycles. The van der Waals surface area contributed by atoms with Gasteiger partial charge in [-0.25, -0.2) is 8.42 Å². The van der Waals surface area contributed by atoms with Crippen molar-refractivity contribution in [3.05, 3.63) is 0 Å². The van der Waals surface area contributed by atoms with Crippen molar-refractivity contribution in [2.45, 2.75) is 6.42 Å². The second kappa shape index (κ2) is 6.14. The molecule has 1 aliphatic rings. The Balaban J connectivity index is 2.51. The van der Waals surface area contributed by atoms with Gasteiger partial charge in [0, 0.05) is 32.4 Å². The van der Waals surface area contributed by atoms with Crippen LogP contribution >= 0.6 is 0 Å². The monoisotopic (exact) mass is 278 g/mol. The van der Waals surface area contributed by atoms with Gasteiger partial charge in [-0.3, -0.25) is 14.5 Å². The highest BCUT2D eigenvalue weighted by Crippen LogP contribution is 2.04. The normalized spacial score (nSPS) is 18.4. The minimum atomic E-state index is -3.32. The highest BCUT2D eigenvalue weighted by atomic mass is 32.2. The lowest BCUT2D eigenvalue weighted by Gasteiger charge is -2.20. The van der Waals surface area contributed by atoms with E-state index in [2.05, 4.69) is 0 Å². The number of carboxylic acids is 1. The zero-order valence-corrected chi connectivity index (χ0v) is 11.1. The number of amides is 1. The zero-order chi connectivity index (χ0) is 13.8. The third-order valence-electron chi connectivity index (χ3n) is 2.69. The number of rotatable bonds is 4. The van der Waals surface area contributed by atoms with Gasteiger partial charge >= 0.3 is 5.97 Å². The van der Waals surface area contributed by atoms with E-state index in [0.717, 1.165) is 6.26 Å². The zero-order valence-electron chi connectivity index (χ0n) is 10.3. The second-order valence-corrected chi connectivity index (χ2v) is 6.61. The number of aliphatic carboxylic acids is 1. The van der Waals surface area contributed by atoms with Crippen LogP contribution in [0.3, 0.4) is 0 Å². The van der Waals surface area contributed by atoms with Crippen molar-refractivity contribution in [1.82, 2.24) is 9.80 Å². The van der Waals surface area contributed by atoms with Crippen LogP contribution in [0.2, 0.25) is 0 Å². The molecule has 18 heavy (non-hydrogen) atoms. The van der Waals surface area contributed by atoms with E-state index in [0.29, 0.717) is 32.6 Å². The lowest BCUT2D eigenvalue weighted by molar-refractivity contribution is -0.138. The molecule has 1 aliphatic heterocycles. The van der Waals surface area contributed by atoms with E-state index in [4.69, 9.17) is 5.11 Å². The van der Waals surface area contributed by atoms with Crippen molar-refractivity contribution in [2.75, 3.05) is 44.7 Å². The van der Waals surface area contributed by atoms with E-state index in [-0.39, 0.29) is 6.54 Å². The van der Waals surface area contributed by atoms with Crippen LogP contribution in [0, 0.1) is 0 Å². The fourth-order valence-electron chi connectivity index (χ4n) is 1.89. The van der Waals surface area contributed by atoms with Crippen LogP contribution in [0.1, 0.15) is 6.42 Å². The van der Waals surface area contributed by atoms with E-state index >= 15 is 0 Å². The Morgan fingerprint density at radius 1 is 1.17 bits per heavy atom. The van der Waals surface area contributed by atoms with Crippen LogP contribution in [0.25, 0.3) is 0 Å². The molecular weight excluding hydrogens is 260 g/mol. The molecule has 1 heterocycles. The first-order valence-corrected chi connectivity index (χ1v) is 7.73. The molecule has 1 amide bonds. The molecule has 1 rings (SSSR count). The van der Waals surface area contributed by atoms with Gasteiger partial charge < -0.3 is 10.0 Å². The maximum Gasteiger partial charge on any atom is 0.317 e. The summed E-state index contributed by atoms with van der Waals surface area (Å²) in [7, 11) is -3.32. The SMILES string of the molecule is CS(=O)(=O)CC(=O)N1CCCN(CC(=O)O)CC1. The fraction of sp³-hybridized carbons (Fsp3) is 0.800. The van der Waals surface area contributed by atoms with Gasteiger partial charge in [0.2, 0.25) is 5.91 Å².